The number of nitrogens with one attached hydrogen (secondary N) is 2. The van der Waals surface area contributed by atoms with Gasteiger partial charge in [-0.3, -0.25) is 33.5 Å². The van der Waals surface area contributed by atoms with Gasteiger partial charge in [0.05, 0.1) is 59.4 Å². The van der Waals surface area contributed by atoms with Gasteiger partial charge in [-0.2, -0.15) is 10.2 Å². The number of ether oxygens (including phenoxy) is 2. The number of piperidine rings is 2. The first-order chi connectivity index (χ1) is 30.5. The average molecular weight is 868 g/mol. The molecule has 2 N–H and O–H groups in total. The Morgan fingerprint density at radius 3 is 2.59 bits per heavy atom. The highest BCUT2D eigenvalue weighted by atomic mass is 19.3. The standard InChI is InChI=1S/C22H25F2N7O2.C22H26N4O4/c23-20(24)19-17(11-31(28-19)13-4-2-1-3-5-13)26-22(32)16-9-25-30-7-6-18(27-21(16)30)29-10-15-8-14(29)12-33-15;1-24-12-10-16(11-13-24)30-14-4-6-15-5-3-7-17-20(15)25(2)22(29)26(17)18-8-9-19(27)23-21(18)28/h6-7,9,11,13-15,20H,1-5,8,10,12H2,(H,26,32);3,5,7,16,18H,8-14H2,1-2H3,(H,23,27,28). The van der Waals surface area contributed by atoms with Gasteiger partial charge in [-0.25, -0.2) is 23.1 Å². The van der Waals surface area contributed by atoms with Crippen LogP contribution in [0.15, 0.2) is 47.7 Å². The Kier molecular flexibility index (Phi) is 12.1. The van der Waals surface area contributed by atoms with Crippen LogP contribution in [-0.2, 0) is 26.1 Å². The lowest BCUT2D eigenvalue weighted by atomic mass is 9.96. The molecular formula is C44H51F2N11O6. The zero-order valence-corrected chi connectivity index (χ0v) is 35.3. The number of fused-ring (bicyclic) bond motifs is 4. The molecule has 0 spiro atoms. The van der Waals surface area contributed by atoms with Crippen LogP contribution in [0.1, 0.15) is 104 Å². The fraction of sp³-hybridized carbons (Fsp3) is 0.523. The molecule has 3 amide bonds. The zero-order chi connectivity index (χ0) is 43.8. The third kappa shape index (κ3) is 8.71. The second-order valence-electron chi connectivity index (χ2n) is 17.0. The van der Waals surface area contributed by atoms with Crippen molar-refractivity contribution >= 4 is 45.9 Å². The van der Waals surface area contributed by atoms with Crippen LogP contribution in [0.3, 0.4) is 0 Å². The molecule has 3 unspecified atom stereocenters. The number of carbonyl (C=O) groups excluding carboxylic acids is 3. The monoisotopic (exact) mass is 867 g/mol. The minimum atomic E-state index is -2.79. The van der Waals surface area contributed by atoms with Crippen LogP contribution in [0.25, 0.3) is 16.7 Å². The van der Waals surface area contributed by atoms with E-state index >= 15 is 0 Å². The van der Waals surface area contributed by atoms with Gasteiger partial charge in [0, 0.05) is 45.5 Å². The smallest absolute Gasteiger partial charge is 0.329 e. The highest BCUT2D eigenvalue weighted by Gasteiger charge is 2.40. The molecule has 2 bridgehead atoms. The number of hydrogen-bond donors (Lipinski definition) is 2. The molecule has 4 aliphatic heterocycles. The number of morpholine rings is 1. The number of imide groups is 1. The van der Waals surface area contributed by atoms with Crippen LogP contribution >= 0.6 is 0 Å². The predicted octanol–water partition coefficient (Wildman–Crippen LogP) is 4.38. The van der Waals surface area contributed by atoms with E-state index in [9.17, 15) is 28.0 Å². The molecule has 332 valence electrons. The molecule has 1 aromatic carbocycles. The van der Waals surface area contributed by atoms with E-state index in [1.165, 1.54) is 26.0 Å². The number of carbonyl (C=O) groups is 3. The van der Waals surface area contributed by atoms with E-state index in [-0.39, 0.29) is 53.6 Å². The molecule has 8 heterocycles. The molecule has 5 aromatic rings. The highest BCUT2D eigenvalue weighted by molar-refractivity contribution is 6.08. The number of aryl methyl sites for hydroxylation is 1. The Hall–Kier alpha value is -5.97. The first-order valence-corrected chi connectivity index (χ1v) is 21.8. The lowest BCUT2D eigenvalue weighted by Crippen LogP contribution is -2.44. The second-order valence-corrected chi connectivity index (χ2v) is 17.0. The van der Waals surface area contributed by atoms with E-state index in [0.29, 0.717) is 41.9 Å². The van der Waals surface area contributed by atoms with Gasteiger partial charge in [0.25, 0.3) is 12.3 Å². The maximum Gasteiger partial charge on any atom is 0.329 e. The summed E-state index contributed by atoms with van der Waals surface area (Å²) in [6.45, 7) is 3.85. The number of hydrogen-bond acceptors (Lipinski definition) is 11. The Balaban J connectivity index is 0.000000161. The first-order valence-electron chi connectivity index (χ1n) is 21.8. The minimum Gasteiger partial charge on any atom is -0.374 e. The zero-order valence-electron chi connectivity index (χ0n) is 35.3. The number of benzene rings is 1. The van der Waals surface area contributed by atoms with E-state index in [4.69, 9.17) is 9.47 Å². The van der Waals surface area contributed by atoms with Crippen molar-refractivity contribution < 1.29 is 32.6 Å². The number of rotatable bonds is 8. The van der Waals surface area contributed by atoms with Crippen LogP contribution in [0, 0.1) is 11.8 Å². The van der Waals surface area contributed by atoms with Crippen LogP contribution < -0.4 is 21.2 Å². The summed E-state index contributed by atoms with van der Waals surface area (Å²) >= 11 is 0. The Bertz CT molecular complexity index is 2650. The normalized spacial score (nSPS) is 22.0. The number of para-hydroxylation sites is 1. The van der Waals surface area contributed by atoms with E-state index in [2.05, 4.69) is 54.5 Å². The molecule has 5 fully saturated rings. The number of nitrogens with zero attached hydrogens (tertiary/aromatic N) is 9. The predicted molar refractivity (Wildman–Crippen MR) is 228 cm³/mol. The number of aromatic nitrogens is 7. The van der Waals surface area contributed by atoms with E-state index in [0.717, 1.165) is 76.8 Å². The average Bonchev–Trinajstić information content (AvgIpc) is 4.14. The number of halogens is 2. The van der Waals surface area contributed by atoms with Crippen molar-refractivity contribution in [3.63, 3.8) is 0 Å². The molecule has 1 saturated carbocycles. The van der Waals surface area contributed by atoms with Gasteiger partial charge in [-0.05, 0) is 63.8 Å². The Labute approximate surface area is 361 Å². The van der Waals surface area contributed by atoms with Crippen molar-refractivity contribution in [3.05, 3.63) is 70.2 Å². The molecule has 1 aliphatic carbocycles. The first kappa shape index (κ1) is 42.3. The van der Waals surface area contributed by atoms with Crippen LogP contribution in [-0.4, -0.2) is 114 Å². The SMILES string of the molecule is CN1CCC(OCC#Cc2cccc3c2n(C)c(=O)n3C2CCC(=O)NC2=O)CC1.O=C(Nc1cn(C2CCCCC2)nc1C(F)F)c1cnn2ccc(N3CC4CC3CO4)nc12. The summed E-state index contributed by atoms with van der Waals surface area (Å²) in [7, 11) is 3.79. The van der Waals surface area contributed by atoms with Gasteiger partial charge in [0.15, 0.2) is 11.3 Å². The van der Waals surface area contributed by atoms with Crippen LogP contribution in [0.5, 0.6) is 0 Å². The minimum absolute atomic E-state index is 0.0325. The lowest BCUT2D eigenvalue weighted by Gasteiger charge is -2.28. The van der Waals surface area contributed by atoms with Gasteiger partial charge < -0.3 is 24.6 Å². The molecule has 17 nitrogen and oxygen atoms in total. The van der Waals surface area contributed by atoms with Gasteiger partial charge in [-0.15, -0.1) is 0 Å². The van der Waals surface area contributed by atoms with Crippen LogP contribution in [0.2, 0.25) is 0 Å². The van der Waals surface area contributed by atoms with Crippen molar-refractivity contribution in [2.45, 2.75) is 101 Å². The van der Waals surface area contributed by atoms with Gasteiger partial charge >= 0.3 is 5.69 Å². The fourth-order valence-corrected chi connectivity index (χ4v) is 9.46. The summed E-state index contributed by atoms with van der Waals surface area (Å²) in [5.41, 5.74) is 1.97. The molecule has 19 heteroatoms. The molecule has 5 aliphatic rings. The quantitative estimate of drug-likeness (QED) is 0.167. The maximum absolute atomic E-state index is 13.7. The number of alkyl halides is 2. The fourth-order valence-electron chi connectivity index (χ4n) is 9.46. The summed E-state index contributed by atoms with van der Waals surface area (Å²) in [6, 6.07) is 7.03. The summed E-state index contributed by atoms with van der Waals surface area (Å²) in [5.74, 6) is 5.67. The summed E-state index contributed by atoms with van der Waals surface area (Å²) < 4.78 is 45.0. The number of amides is 3. The number of anilines is 2. The largest absolute Gasteiger partial charge is 0.374 e. The molecule has 3 atom stereocenters. The number of imidazole rings is 1. The van der Waals surface area contributed by atoms with E-state index < -0.39 is 30.0 Å². The molecule has 4 saturated heterocycles. The third-order valence-corrected chi connectivity index (χ3v) is 12.9. The van der Waals surface area contributed by atoms with Crippen molar-refractivity contribution in [1.82, 2.24) is 43.7 Å². The maximum atomic E-state index is 13.7. The summed E-state index contributed by atoms with van der Waals surface area (Å²) in [4.78, 5) is 59.0. The molecule has 10 rings (SSSR count). The van der Waals surface area contributed by atoms with Crippen molar-refractivity contribution in [3.8, 4) is 11.8 Å². The topological polar surface area (TPSA) is 175 Å². The second kappa shape index (κ2) is 18.0. The molecule has 63 heavy (non-hydrogen) atoms. The van der Waals surface area contributed by atoms with Crippen LogP contribution in [0.4, 0.5) is 20.3 Å². The van der Waals surface area contributed by atoms with E-state index in [1.54, 1.807) is 24.0 Å². The van der Waals surface area contributed by atoms with Crippen molar-refractivity contribution in [1.29, 1.82) is 0 Å². The highest BCUT2D eigenvalue weighted by Crippen LogP contribution is 2.34. The van der Waals surface area contributed by atoms with Gasteiger partial charge in [0.1, 0.15) is 24.0 Å². The number of likely N-dealkylation sites (tertiary alicyclic amines) is 1. The summed E-state index contributed by atoms with van der Waals surface area (Å²) in [5, 5.41) is 13.3. The van der Waals surface area contributed by atoms with E-state index in [1.807, 2.05) is 18.2 Å². The van der Waals surface area contributed by atoms with Crippen molar-refractivity contribution in [2.24, 2.45) is 7.05 Å². The summed E-state index contributed by atoms with van der Waals surface area (Å²) in [6.07, 6.45) is 11.0. The molecule has 4 aromatic heterocycles. The molecule has 0 radical (unpaired) electrons. The Morgan fingerprint density at radius 2 is 1.86 bits per heavy atom. The van der Waals surface area contributed by atoms with Gasteiger partial charge in [0.2, 0.25) is 11.8 Å². The molecular weight excluding hydrogens is 817 g/mol. The van der Waals surface area contributed by atoms with Gasteiger partial charge in [-0.1, -0.05) is 37.2 Å². The Morgan fingerprint density at radius 1 is 1.05 bits per heavy atom. The van der Waals surface area contributed by atoms with Crippen molar-refractivity contribution in [2.75, 3.05) is 50.1 Å². The third-order valence-electron chi connectivity index (χ3n) is 12.9. The lowest BCUT2D eigenvalue weighted by molar-refractivity contribution is -0.135.